The SMILES string of the molecule is CCCCOC(=O)C(Br)Cc1cccc(C(=O)c2ccc(OC)cc2)c1.COc1ccc(C(=O)c2cccc(N)c2)cc1. The van der Waals surface area contributed by atoms with Gasteiger partial charge in [0.05, 0.1) is 20.8 Å². The maximum Gasteiger partial charge on any atom is 0.320 e. The van der Waals surface area contributed by atoms with Crippen molar-refractivity contribution in [1.82, 2.24) is 0 Å². The number of unbranched alkanes of at least 4 members (excludes halogenated alkanes) is 1. The van der Waals surface area contributed by atoms with Crippen molar-refractivity contribution in [3.8, 4) is 11.5 Å². The van der Waals surface area contributed by atoms with E-state index < -0.39 is 4.83 Å². The molecule has 0 fully saturated rings. The Kier molecular flexibility index (Phi) is 13.0. The third-order valence-corrected chi connectivity index (χ3v) is 7.15. The molecule has 4 aromatic rings. The van der Waals surface area contributed by atoms with Crippen LogP contribution in [0.15, 0.2) is 97.1 Å². The van der Waals surface area contributed by atoms with Gasteiger partial charge in [-0.3, -0.25) is 14.4 Å². The number of alkyl halides is 1. The minimum Gasteiger partial charge on any atom is -0.497 e. The van der Waals surface area contributed by atoms with E-state index in [1.54, 1.807) is 93.1 Å². The summed E-state index contributed by atoms with van der Waals surface area (Å²) in [5.74, 6) is 1.06. The molecule has 0 aromatic heterocycles. The first kappa shape index (κ1) is 33.1. The fraction of sp³-hybridized carbons (Fsp3) is 0.229. The van der Waals surface area contributed by atoms with E-state index in [-0.39, 0.29) is 17.5 Å². The van der Waals surface area contributed by atoms with Crippen molar-refractivity contribution in [2.75, 3.05) is 26.6 Å². The molecule has 4 aromatic carbocycles. The quantitative estimate of drug-likeness (QED) is 0.0577. The second kappa shape index (κ2) is 16.9. The molecule has 0 bridgehead atoms. The van der Waals surface area contributed by atoms with Crippen LogP contribution in [-0.2, 0) is 16.0 Å². The molecule has 224 valence electrons. The van der Waals surface area contributed by atoms with Crippen molar-refractivity contribution in [2.45, 2.75) is 31.0 Å². The van der Waals surface area contributed by atoms with E-state index in [1.165, 1.54) is 0 Å². The summed E-state index contributed by atoms with van der Waals surface area (Å²) in [6, 6.07) is 28.3. The first-order chi connectivity index (χ1) is 20.7. The number of hydrogen-bond donors (Lipinski definition) is 1. The van der Waals surface area contributed by atoms with Gasteiger partial charge in [0.1, 0.15) is 16.3 Å². The molecule has 1 unspecified atom stereocenters. The monoisotopic (exact) mass is 645 g/mol. The summed E-state index contributed by atoms with van der Waals surface area (Å²) in [5.41, 5.74) is 9.54. The third kappa shape index (κ3) is 10.1. The lowest BCUT2D eigenvalue weighted by atomic mass is 9.99. The van der Waals surface area contributed by atoms with Crippen LogP contribution in [0.25, 0.3) is 0 Å². The van der Waals surface area contributed by atoms with Crippen LogP contribution in [0.4, 0.5) is 5.69 Å². The fourth-order valence-electron chi connectivity index (χ4n) is 4.04. The van der Waals surface area contributed by atoms with Gasteiger partial charge in [-0.15, -0.1) is 0 Å². The smallest absolute Gasteiger partial charge is 0.320 e. The second-order valence-corrected chi connectivity index (χ2v) is 10.7. The van der Waals surface area contributed by atoms with Crippen molar-refractivity contribution in [2.24, 2.45) is 0 Å². The largest absolute Gasteiger partial charge is 0.497 e. The van der Waals surface area contributed by atoms with Gasteiger partial charge in [0.15, 0.2) is 11.6 Å². The molecule has 0 saturated heterocycles. The predicted molar refractivity (Wildman–Crippen MR) is 172 cm³/mol. The first-order valence-corrected chi connectivity index (χ1v) is 14.8. The van der Waals surface area contributed by atoms with Gasteiger partial charge in [-0.2, -0.15) is 0 Å². The van der Waals surface area contributed by atoms with Crippen molar-refractivity contribution in [1.29, 1.82) is 0 Å². The lowest BCUT2D eigenvalue weighted by Crippen LogP contribution is -2.20. The first-order valence-electron chi connectivity index (χ1n) is 13.9. The molecule has 0 aliphatic heterocycles. The molecule has 4 rings (SSSR count). The fourth-order valence-corrected chi connectivity index (χ4v) is 4.54. The molecular formula is C35H36BrNO6. The Hall–Kier alpha value is -4.43. The summed E-state index contributed by atoms with van der Waals surface area (Å²) in [7, 11) is 3.18. The van der Waals surface area contributed by atoms with Gasteiger partial charge in [0.2, 0.25) is 0 Å². The number of esters is 1. The van der Waals surface area contributed by atoms with Crippen LogP contribution in [0.3, 0.4) is 0 Å². The van der Waals surface area contributed by atoms with Crippen LogP contribution in [0.5, 0.6) is 11.5 Å². The molecule has 0 heterocycles. The molecule has 0 amide bonds. The molecule has 8 heteroatoms. The Balaban J connectivity index is 0.000000257. The lowest BCUT2D eigenvalue weighted by molar-refractivity contribution is -0.142. The standard InChI is InChI=1S/C21H23BrO4.C14H13NO2/c1-3-4-12-26-21(24)19(22)14-15-6-5-7-17(13-15)20(23)16-8-10-18(25-2)11-9-16;1-17-13-7-5-10(6-8-13)14(16)11-3-2-4-12(15)9-11/h5-11,13,19H,3-4,12,14H2,1-2H3;2-9H,15H2,1H3. The number of carbonyl (C=O) groups is 3. The summed E-state index contributed by atoms with van der Waals surface area (Å²) in [6.45, 7) is 2.48. The van der Waals surface area contributed by atoms with Crippen molar-refractivity contribution in [3.63, 3.8) is 0 Å². The molecule has 43 heavy (non-hydrogen) atoms. The van der Waals surface area contributed by atoms with Crippen LogP contribution in [0.2, 0.25) is 0 Å². The maximum absolute atomic E-state index is 12.6. The van der Waals surface area contributed by atoms with Gasteiger partial charge in [0.25, 0.3) is 0 Å². The number of nitrogen functional groups attached to an aromatic ring is 1. The number of hydrogen-bond acceptors (Lipinski definition) is 7. The van der Waals surface area contributed by atoms with Gasteiger partial charge in [-0.05, 0) is 85.1 Å². The van der Waals surface area contributed by atoms with Crippen LogP contribution in [0, 0.1) is 0 Å². The lowest BCUT2D eigenvalue weighted by Gasteiger charge is -2.11. The number of methoxy groups -OCH3 is 2. The van der Waals surface area contributed by atoms with E-state index in [1.807, 2.05) is 25.1 Å². The van der Waals surface area contributed by atoms with E-state index in [9.17, 15) is 14.4 Å². The molecule has 1 atom stereocenters. The highest BCUT2D eigenvalue weighted by Gasteiger charge is 2.18. The highest BCUT2D eigenvalue weighted by atomic mass is 79.9. The predicted octanol–water partition coefficient (Wildman–Crippen LogP) is 7.08. The minimum absolute atomic E-state index is 0.0417. The zero-order chi connectivity index (χ0) is 31.2. The van der Waals surface area contributed by atoms with Crippen molar-refractivity contribution in [3.05, 3.63) is 125 Å². The van der Waals surface area contributed by atoms with Gasteiger partial charge in [-0.25, -0.2) is 0 Å². The van der Waals surface area contributed by atoms with Gasteiger partial charge < -0.3 is 19.9 Å². The van der Waals surface area contributed by atoms with Gasteiger partial charge >= 0.3 is 5.97 Å². The maximum atomic E-state index is 12.6. The van der Waals surface area contributed by atoms with Crippen LogP contribution < -0.4 is 15.2 Å². The number of benzene rings is 4. The van der Waals surface area contributed by atoms with Crippen LogP contribution in [0.1, 0.15) is 57.2 Å². The van der Waals surface area contributed by atoms with E-state index in [4.69, 9.17) is 19.9 Å². The molecule has 0 aliphatic carbocycles. The Bertz CT molecular complexity index is 1500. The topological polar surface area (TPSA) is 105 Å². The summed E-state index contributed by atoms with van der Waals surface area (Å²) < 4.78 is 15.4. The van der Waals surface area contributed by atoms with Crippen LogP contribution >= 0.6 is 15.9 Å². The highest BCUT2D eigenvalue weighted by Crippen LogP contribution is 2.19. The summed E-state index contributed by atoms with van der Waals surface area (Å²) in [6.07, 6.45) is 2.31. The Morgan fingerprint density at radius 3 is 1.72 bits per heavy atom. The van der Waals surface area contributed by atoms with E-state index >= 15 is 0 Å². The number of rotatable bonds is 12. The van der Waals surface area contributed by atoms with Gasteiger partial charge in [0, 0.05) is 27.9 Å². The molecule has 2 N–H and O–H groups in total. The minimum atomic E-state index is -0.425. The zero-order valence-electron chi connectivity index (χ0n) is 24.5. The average molecular weight is 647 g/mol. The van der Waals surface area contributed by atoms with E-state index in [2.05, 4.69) is 15.9 Å². The number of ketones is 2. The summed E-state index contributed by atoms with van der Waals surface area (Å²) in [5, 5.41) is 0. The van der Waals surface area contributed by atoms with E-state index in [0.29, 0.717) is 46.7 Å². The molecule has 0 spiro atoms. The Morgan fingerprint density at radius 2 is 1.23 bits per heavy atom. The molecule has 0 saturated carbocycles. The van der Waals surface area contributed by atoms with Gasteiger partial charge in [-0.1, -0.05) is 59.6 Å². The molecular weight excluding hydrogens is 610 g/mol. The number of ether oxygens (including phenoxy) is 3. The Labute approximate surface area is 261 Å². The van der Waals surface area contributed by atoms with Crippen LogP contribution in [-0.4, -0.2) is 43.2 Å². The average Bonchev–Trinajstić information content (AvgIpc) is 3.04. The summed E-state index contributed by atoms with van der Waals surface area (Å²) >= 11 is 3.38. The van der Waals surface area contributed by atoms with Crippen molar-refractivity contribution < 1.29 is 28.6 Å². The second-order valence-electron chi connectivity index (χ2n) is 9.63. The molecule has 0 aliphatic rings. The normalized spacial score (nSPS) is 11.0. The number of anilines is 1. The number of halogens is 1. The number of nitrogens with two attached hydrogens (primary N) is 1. The summed E-state index contributed by atoms with van der Waals surface area (Å²) in [4.78, 5) is 36.3. The Morgan fingerprint density at radius 1 is 0.721 bits per heavy atom. The molecule has 7 nitrogen and oxygen atoms in total. The molecule has 0 radical (unpaired) electrons. The zero-order valence-corrected chi connectivity index (χ0v) is 26.1. The number of carbonyl (C=O) groups excluding carboxylic acids is 3. The van der Waals surface area contributed by atoms with Crippen molar-refractivity contribution >= 4 is 39.2 Å². The third-order valence-electron chi connectivity index (χ3n) is 6.46. The highest BCUT2D eigenvalue weighted by molar-refractivity contribution is 9.10. The van der Waals surface area contributed by atoms with E-state index in [0.717, 1.165) is 24.2 Å².